The van der Waals surface area contributed by atoms with E-state index in [1.165, 1.54) is 0 Å². The van der Waals surface area contributed by atoms with Crippen molar-refractivity contribution in [2.75, 3.05) is 33.4 Å². The first-order chi connectivity index (χ1) is 10.1. The number of methoxy groups -OCH3 is 1. The SMILES string of the molecule is COc1cccc(C=O)c1OCCN1C[C@@H](C)O[C@@H](C)C1. The van der Waals surface area contributed by atoms with E-state index in [0.717, 1.165) is 25.9 Å². The summed E-state index contributed by atoms with van der Waals surface area (Å²) < 4.78 is 16.7. The molecular formula is C16H23NO4. The van der Waals surface area contributed by atoms with Crippen LogP contribution in [-0.4, -0.2) is 56.7 Å². The van der Waals surface area contributed by atoms with Gasteiger partial charge >= 0.3 is 0 Å². The highest BCUT2D eigenvalue weighted by Crippen LogP contribution is 2.29. The molecule has 21 heavy (non-hydrogen) atoms. The molecule has 0 amide bonds. The van der Waals surface area contributed by atoms with Crippen LogP contribution in [0.4, 0.5) is 0 Å². The Morgan fingerprint density at radius 1 is 1.33 bits per heavy atom. The number of morpholine rings is 1. The summed E-state index contributed by atoms with van der Waals surface area (Å²) >= 11 is 0. The molecule has 1 aliphatic heterocycles. The zero-order valence-electron chi connectivity index (χ0n) is 12.9. The Hall–Kier alpha value is -1.59. The zero-order valence-corrected chi connectivity index (χ0v) is 12.9. The second kappa shape index (κ2) is 7.43. The quantitative estimate of drug-likeness (QED) is 0.751. The molecule has 0 unspecified atom stereocenters. The Labute approximate surface area is 125 Å². The van der Waals surface area contributed by atoms with Crippen molar-refractivity contribution >= 4 is 6.29 Å². The highest BCUT2D eigenvalue weighted by molar-refractivity contribution is 5.81. The lowest BCUT2D eigenvalue weighted by molar-refractivity contribution is -0.0699. The number of hydrogen-bond acceptors (Lipinski definition) is 5. The largest absolute Gasteiger partial charge is 0.493 e. The van der Waals surface area contributed by atoms with Gasteiger partial charge in [-0.25, -0.2) is 0 Å². The number of hydrogen-bond donors (Lipinski definition) is 0. The van der Waals surface area contributed by atoms with Crippen LogP contribution in [0.25, 0.3) is 0 Å². The topological polar surface area (TPSA) is 48.0 Å². The van der Waals surface area contributed by atoms with Crippen LogP contribution in [0, 0.1) is 0 Å². The minimum Gasteiger partial charge on any atom is -0.493 e. The fraction of sp³-hybridized carbons (Fsp3) is 0.562. The van der Waals surface area contributed by atoms with Crippen molar-refractivity contribution in [1.29, 1.82) is 0 Å². The third-order valence-corrected chi connectivity index (χ3v) is 3.51. The molecule has 0 aliphatic carbocycles. The lowest BCUT2D eigenvalue weighted by Crippen LogP contribution is -2.46. The highest BCUT2D eigenvalue weighted by atomic mass is 16.5. The molecule has 0 spiro atoms. The number of aldehydes is 1. The Morgan fingerprint density at radius 2 is 2.05 bits per heavy atom. The van der Waals surface area contributed by atoms with Gasteiger partial charge in [-0.15, -0.1) is 0 Å². The second-order valence-electron chi connectivity index (χ2n) is 5.36. The van der Waals surface area contributed by atoms with Gasteiger partial charge in [-0.05, 0) is 26.0 Å². The summed E-state index contributed by atoms with van der Waals surface area (Å²) in [4.78, 5) is 13.4. The van der Waals surface area contributed by atoms with E-state index in [4.69, 9.17) is 14.2 Å². The number of nitrogens with zero attached hydrogens (tertiary/aromatic N) is 1. The fourth-order valence-electron chi connectivity index (χ4n) is 2.68. The van der Waals surface area contributed by atoms with E-state index < -0.39 is 0 Å². The molecule has 1 aromatic rings. The lowest BCUT2D eigenvalue weighted by atomic mass is 10.2. The summed E-state index contributed by atoms with van der Waals surface area (Å²) in [5, 5.41) is 0. The highest BCUT2D eigenvalue weighted by Gasteiger charge is 2.22. The van der Waals surface area contributed by atoms with Crippen LogP contribution in [0.1, 0.15) is 24.2 Å². The number of benzene rings is 1. The van der Waals surface area contributed by atoms with Crippen LogP contribution in [0.15, 0.2) is 18.2 Å². The van der Waals surface area contributed by atoms with Crippen molar-refractivity contribution in [3.63, 3.8) is 0 Å². The van der Waals surface area contributed by atoms with Crippen LogP contribution < -0.4 is 9.47 Å². The zero-order chi connectivity index (χ0) is 15.2. The van der Waals surface area contributed by atoms with E-state index in [-0.39, 0.29) is 12.2 Å². The van der Waals surface area contributed by atoms with Gasteiger partial charge in [-0.3, -0.25) is 9.69 Å². The van der Waals surface area contributed by atoms with Crippen LogP contribution in [-0.2, 0) is 4.74 Å². The van der Waals surface area contributed by atoms with E-state index in [9.17, 15) is 4.79 Å². The van der Waals surface area contributed by atoms with E-state index in [1.807, 2.05) is 0 Å². The van der Waals surface area contributed by atoms with Crippen molar-refractivity contribution in [2.24, 2.45) is 0 Å². The van der Waals surface area contributed by atoms with Crippen molar-refractivity contribution in [3.8, 4) is 11.5 Å². The van der Waals surface area contributed by atoms with Gasteiger partial charge in [0, 0.05) is 19.6 Å². The van der Waals surface area contributed by atoms with Crippen molar-refractivity contribution in [3.05, 3.63) is 23.8 Å². The molecule has 2 atom stereocenters. The second-order valence-corrected chi connectivity index (χ2v) is 5.36. The summed E-state index contributed by atoms with van der Waals surface area (Å²) in [5.74, 6) is 1.10. The Morgan fingerprint density at radius 3 is 2.67 bits per heavy atom. The average molecular weight is 293 g/mol. The number of ether oxygens (including phenoxy) is 3. The third-order valence-electron chi connectivity index (χ3n) is 3.51. The average Bonchev–Trinajstić information content (AvgIpc) is 2.46. The maximum Gasteiger partial charge on any atom is 0.171 e. The minimum absolute atomic E-state index is 0.241. The van der Waals surface area contributed by atoms with E-state index in [2.05, 4.69) is 18.7 Å². The number of carbonyl (C=O) groups excluding carboxylic acids is 1. The first-order valence-electron chi connectivity index (χ1n) is 7.26. The molecular weight excluding hydrogens is 270 g/mol. The molecule has 1 aromatic carbocycles. The van der Waals surface area contributed by atoms with Gasteiger partial charge in [0.25, 0.3) is 0 Å². The van der Waals surface area contributed by atoms with Crippen LogP contribution in [0.2, 0.25) is 0 Å². The van der Waals surface area contributed by atoms with Gasteiger partial charge in [-0.2, -0.15) is 0 Å². The van der Waals surface area contributed by atoms with Crippen molar-refractivity contribution in [2.45, 2.75) is 26.1 Å². The normalized spacial score (nSPS) is 22.8. The van der Waals surface area contributed by atoms with Crippen molar-refractivity contribution < 1.29 is 19.0 Å². The van der Waals surface area contributed by atoms with Crippen LogP contribution >= 0.6 is 0 Å². The van der Waals surface area contributed by atoms with Crippen LogP contribution in [0.3, 0.4) is 0 Å². The molecule has 1 heterocycles. The fourth-order valence-corrected chi connectivity index (χ4v) is 2.68. The Balaban J connectivity index is 1.92. The van der Waals surface area contributed by atoms with Gasteiger partial charge in [0.1, 0.15) is 6.61 Å². The first-order valence-corrected chi connectivity index (χ1v) is 7.26. The summed E-state index contributed by atoms with van der Waals surface area (Å²) in [6.07, 6.45) is 1.27. The molecule has 1 fully saturated rings. The summed E-state index contributed by atoms with van der Waals surface area (Å²) in [6.45, 7) is 7.28. The molecule has 0 saturated carbocycles. The van der Waals surface area contributed by atoms with E-state index in [1.54, 1.807) is 25.3 Å². The smallest absolute Gasteiger partial charge is 0.171 e. The summed E-state index contributed by atoms with van der Waals surface area (Å²) in [7, 11) is 1.57. The lowest BCUT2D eigenvalue weighted by Gasteiger charge is -2.35. The molecule has 5 heteroatoms. The summed E-state index contributed by atoms with van der Waals surface area (Å²) in [5.41, 5.74) is 0.512. The standard InChI is InChI=1S/C16H23NO4/c1-12-9-17(10-13(2)21-12)7-8-20-16-14(11-18)5-4-6-15(16)19-3/h4-6,11-13H,7-10H2,1-3H3/t12-,13+. The molecule has 0 bridgehead atoms. The molecule has 0 aromatic heterocycles. The Bertz CT molecular complexity index is 467. The van der Waals surface area contributed by atoms with E-state index in [0.29, 0.717) is 23.7 Å². The van der Waals surface area contributed by atoms with Gasteiger partial charge in [0.2, 0.25) is 0 Å². The third kappa shape index (κ3) is 4.19. The maximum atomic E-state index is 11.1. The number of carbonyl (C=O) groups is 1. The van der Waals surface area contributed by atoms with Crippen LogP contribution in [0.5, 0.6) is 11.5 Å². The molecule has 0 N–H and O–H groups in total. The monoisotopic (exact) mass is 293 g/mol. The predicted octanol–water partition coefficient (Wildman–Crippen LogP) is 2.00. The number of para-hydroxylation sites is 1. The number of rotatable bonds is 6. The molecule has 5 nitrogen and oxygen atoms in total. The first kappa shape index (κ1) is 15.8. The minimum atomic E-state index is 0.241. The maximum absolute atomic E-state index is 11.1. The molecule has 1 aliphatic rings. The molecule has 0 radical (unpaired) electrons. The van der Waals surface area contributed by atoms with E-state index >= 15 is 0 Å². The van der Waals surface area contributed by atoms with Crippen molar-refractivity contribution in [1.82, 2.24) is 4.90 Å². The molecule has 2 rings (SSSR count). The summed E-state index contributed by atoms with van der Waals surface area (Å²) in [6, 6.07) is 5.30. The predicted molar refractivity (Wildman–Crippen MR) is 80.3 cm³/mol. The Kier molecular flexibility index (Phi) is 5.59. The van der Waals surface area contributed by atoms with Gasteiger partial charge in [0.15, 0.2) is 17.8 Å². The van der Waals surface area contributed by atoms with Gasteiger partial charge < -0.3 is 14.2 Å². The molecule has 116 valence electrons. The molecule has 1 saturated heterocycles. The van der Waals surface area contributed by atoms with Gasteiger partial charge in [-0.1, -0.05) is 6.07 Å². The van der Waals surface area contributed by atoms with Gasteiger partial charge in [0.05, 0.1) is 24.9 Å².